The standard InChI is InChI=1S/C3H2ClNS/c4-3-5-1-2-6-3/h1-2H/i2D. The van der Waals surface area contributed by atoms with E-state index in [1.807, 2.05) is 0 Å². The fourth-order valence-corrected chi connectivity index (χ4v) is 0.669. The van der Waals surface area contributed by atoms with Crippen LogP contribution in [0.2, 0.25) is 4.47 Å². The van der Waals surface area contributed by atoms with Gasteiger partial charge >= 0.3 is 0 Å². The summed E-state index contributed by atoms with van der Waals surface area (Å²) in [6, 6.07) is 0. The molecule has 6 heavy (non-hydrogen) atoms. The molecule has 0 aliphatic rings. The summed E-state index contributed by atoms with van der Waals surface area (Å²) in [5.74, 6) is 0. The SMILES string of the molecule is [2H]c1cnc(Cl)s1. The summed E-state index contributed by atoms with van der Waals surface area (Å²) in [4.78, 5) is 3.61. The molecule has 0 N–H and O–H groups in total. The molecule has 1 rings (SSSR count). The Kier molecular flexibility index (Phi) is 0.787. The van der Waals surface area contributed by atoms with Gasteiger partial charge in [0.15, 0.2) is 4.47 Å². The van der Waals surface area contributed by atoms with Gasteiger partial charge in [0.25, 0.3) is 0 Å². The van der Waals surface area contributed by atoms with E-state index in [1.165, 1.54) is 6.20 Å². The lowest BCUT2D eigenvalue weighted by Gasteiger charge is -1.61. The molecule has 0 aliphatic carbocycles. The lowest BCUT2D eigenvalue weighted by molar-refractivity contribution is 1.43. The Hall–Kier alpha value is -0.0800. The molecule has 0 bridgehead atoms. The van der Waals surface area contributed by atoms with Crippen LogP contribution < -0.4 is 0 Å². The van der Waals surface area contributed by atoms with Crippen molar-refractivity contribution in [2.45, 2.75) is 0 Å². The highest BCUT2D eigenvalue weighted by molar-refractivity contribution is 7.13. The summed E-state index contributed by atoms with van der Waals surface area (Å²) < 4.78 is 7.32. The second kappa shape index (κ2) is 1.58. The molecular formula is C3H2ClNS. The summed E-state index contributed by atoms with van der Waals surface area (Å²) in [6.45, 7) is 0. The van der Waals surface area contributed by atoms with E-state index in [9.17, 15) is 0 Å². The zero-order valence-corrected chi connectivity index (χ0v) is 4.38. The molecule has 32 valence electrons. The Morgan fingerprint density at radius 2 is 3.00 bits per heavy atom. The lowest BCUT2D eigenvalue weighted by atomic mass is 11.0. The Labute approximate surface area is 46.0 Å². The van der Waals surface area contributed by atoms with Crippen molar-refractivity contribution < 1.29 is 1.37 Å². The fourth-order valence-electron chi connectivity index (χ4n) is 0.178. The first-order chi connectivity index (χ1) is 3.29. The average molecular weight is 121 g/mol. The van der Waals surface area contributed by atoms with Crippen LogP contribution >= 0.6 is 22.9 Å². The maximum atomic E-state index is 6.89. The Balaban J connectivity index is 3.04. The van der Waals surface area contributed by atoms with Gasteiger partial charge in [0.05, 0.1) is 1.37 Å². The largest absolute Gasteiger partial charge is 0.234 e. The van der Waals surface area contributed by atoms with Crippen LogP contribution in [-0.2, 0) is 0 Å². The topological polar surface area (TPSA) is 12.9 Å². The van der Waals surface area contributed by atoms with E-state index < -0.39 is 0 Å². The highest BCUT2D eigenvalue weighted by Gasteiger charge is 1.79. The van der Waals surface area contributed by atoms with Gasteiger partial charge in [-0.15, -0.1) is 11.3 Å². The normalized spacial score (nSPS) is 11.2. The van der Waals surface area contributed by atoms with Crippen molar-refractivity contribution in [2.24, 2.45) is 0 Å². The minimum absolute atomic E-state index is 0.407. The molecule has 0 radical (unpaired) electrons. The third-order valence-corrected chi connectivity index (χ3v) is 1.19. The van der Waals surface area contributed by atoms with Gasteiger partial charge in [-0.25, -0.2) is 4.98 Å². The quantitative estimate of drug-likeness (QED) is 0.509. The van der Waals surface area contributed by atoms with Gasteiger partial charge in [-0.3, -0.25) is 0 Å². The predicted octanol–water partition coefficient (Wildman–Crippen LogP) is 1.80. The number of nitrogens with zero attached hydrogens (tertiary/aromatic N) is 1. The lowest BCUT2D eigenvalue weighted by Crippen LogP contribution is -1.47. The highest BCUT2D eigenvalue weighted by atomic mass is 35.5. The summed E-state index contributed by atoms with van der Waals surface area (Å²) in [5, 5.41) is 0.407. The number of halogens is 1. The van der Waals surface area contributed by atoms with Crippen molar-refractivity contribution in [3.8, 4) is 0 Å². The molecule has 0 aromatic carbocycles. The van der Waals surface area contributed by atoms with E-state index in [2.05, 4.69) is 4.98 Å². The van der Waals surface area contributed by atoms with Crippen LogP contribution in [0.5, 0.6) is 0 Å². The smallest absolute Gasteiger partial charge is 0.183 e. The molecular weight excluding hydrogens is 118 g/mol. The number of rotatable bonds is 0. The van der Waals surface area contributed by atoms with Gasteiger partial charge in [-0.05, 0) is 0 Å². The zero-order chi connectivity index (χ0) is 5.28. The minimum atomic E-state index is 0.407. The molecule has 0 saturated carbocycles. The maximum Gasteiger partial charge on any atom is 0.183 e. The van der Waals surface area contributed by atoms with E-state index in [0.717, 1.165) is 11.3 Å². The van der Waals surface area contributed by atoms with Crippen LogP contribution in [0.3, 0.4) is 0 Å². The Morgan fingerprint density at radius 1 is 2.17 bits per heavy atom. The van der Waals surface area contributed by atoms with E-state index in [-0.39, 0.29) is 0 Å². The third kappa shape index (κ3) is 0.698. The average Bonchev–Trinajstić information content (AvgIpc) is 1.87. The van der Waals surface area contributed by atoms with Crippen LogP contribution in [0, 0.1) is 0 Å². The van der Waals surface area contributed by atoms with Crippen LogP contribution in [0.15, 0.2) is 11.6 Å². The summed E-state index contributed by atoms with van der Waals surface area (Å²) in [7, 11) is 0. The molecule has 1 heterocycles. The van der Waals surface area contributed by atoms with E-state index in [1.54, 1.807) is 0 Å². The molecule has 3 heteroatoms. The second-order valence-electron chi connectivity index (χ2n) is 0.731. The second-order valence-corrected chi connectivity index (χ2v) is 2.14. The van der Waals surface area contributed by atoms with Crippen molar-refractivity contribution in [1.82, 2.24) is 4.98 Å². The zero-order valence-electron chi connectivity index (χ0n) is 3.81. The summed E-state index contributed by atoms with van der Waals surface area (Å²) in [5.41, 5.74) is 0. The van der Waals surface area contributed by atoms with Crippen LogP contribution in [0.4, 0.5) is 0 Å². The third-order valence-electron chi connectivity index (χ3n) is 0.362. The van der Waals surface area contributed by atoms with Gasteiger partial charge in [-0.2, -0.15) is 0 Å². The molecule has 0 aliphatic heterocycles. The van der Waals surface area contributed by atoms with Crippen molar-refractivity contribution in [3.63, 3.8) is 0 Å². The van der Waals surface area contributed by atoms with E-state index in [0.29, 0.717) is 9.82 Å². The van der Waals surface area contributed by atoms with Gasteiger partial charge < -0.3 is 0 Å². The highest BCUT2D eigenvalue weighted by Crippen LogP contribution is 2.08. The monoisotopic (exact) mass is 120 g/mol. The first-order valence-corrected chi connectivity index (χ1v) is 2.56. The van der Waals surface area contributed by atoms with Gasteiger partial charge in [-0.1, -0.05) is 11.6 Å². The van der Waals surface area contributed by atoms with E-state index >= 15 is 0 Å². The maximum absolute atomic E-state index is 6.89. The first kappa shape index (κ1) is 2.99. The molecule has 1 aromatic rings. The molecule has 1 nitrogen and oxygen atoms in total. The van der Waals surface area contributed by atoms with Gasteiger partial charge in [0, 0.05) is 11.6 Å². The van der Waals surface area contributed by atoms with Crippen LogP contribution in [0.1, 0.15) is 1.37 Å². The predicted molar refractivity (Wildman–Crippen MR) is 27.1 cm³/mol. The summed E-state index contributed by atoms with van der Waals surface area (Å²) in [6.07, 6.45) is 1.42. The Morgan fingerprint density at radius 3 is 3.17 bits per heavy atom. The minimum Gasteiger partial charge on any atom is -0.234 e. The number of aromatic nitrogens is 1. The van der Waals surface area contributed by atoms with Crippen molar-refractivity contribution in [1.29, 1.82) is 0 Å². The van der Waals surface area contributed by atoms with Gasteiger partial charge in [0.1, 0.15) is 0 Å². The molecule has 0 amide bonds. The first-order valence-electron chi connectivity index (χ1n) is 1.87. The van der Waals surface area contributed by atoms with Crippen molar-refractivity contribution in [3.05, 3.63) is 16.0 Å². The molecule has 0 spiro atoms. The molecule has 0 atom stereocenters. The van der Waals surface area contributed by atoms with Crippen molar-refractivity contribution >= 4 is 22.9 Å². The number of hydrogen-bond acceptors (Lipinski definition) is 2. The van der Waals surface area contributed by atoms with Crippen LogP contribution in [0.25, 0.3) is 0 Å². The van der Waals surface area contributed by atoms with E-state index in [4.69, 9.17) is 13.0 Å². The van der Waals surface area contributed by atoms with Gasteiger partial charge in [0.2, 0.25) is 0 Å². The number of thiazole rings is 1. The molecule has 0 unspecified atom stereocenters. The Bertz CT molecular complexity index is 147. The van der Waals surface area contributed by atoms with Crippen molar-refractivity contribution in [2.75, 3.05) is 0 Å². The molecule has 1 aromatic heterocycles. The molecule has 0 saturated heterocycles. The number of hydrogen-bond donors (Lipinski definition) is 0. The fraction of sp³-hybridized carbons (Fsp3) is 0. The van der Waals surface area contributed by atoms with Crippen LogP contribution in [-0.4, -0.2) is 4.98 Å². The summed E-state index contributed by atoms with van der Waals surface area (Å²) >= 11 is 6.51. The molecule has 0 fully saturated rings.